The molecule has 2 heterocycles. The molecule has 0 unspecified atom stereocenters. The minimum absolute atomic E-state index is 0.00249. The van der Waals surface area contributed by atoms with Crippen LogP contribution in [0, 0.1) is 23.6 Å². The molecule has 1 N–H and O–H groups in total. The Morgan fingerprint density at radius 1 is 1.25 bits per heavy atom. The average molecular weight is 442 g/mol. The number of phenols is 1. The highest BCUT2D eigenvalue weighted by molar-refractivity contribution is 6.05. The van der Waals surface area contributed by atoms with Gasteiger partial charge in [0, 0.05) is 12.5 Å². The van der Waals surface area contributed by atoms with Crippen molar-refractivity contribution in [3.8, 4) is 5.75 Å². The molecule has 0 radical (unpaired) electrons. The van der Waals surface area contributed by atoms with Gasteiger partial charge in [0.05, 0.1) is 24.5 Å². The molecule has 2 fully saturated rings. The second-order valence-electron chi connectivity index (χ2n) is 9.23. The number of hydrogen-bond donors (Lipinski definition) is 1. The number of carbonyl (C=O) groups is 2. The van der Waals surface area contributed by atoms with Gasteiger partial charge in [-0.15, -0.1) is 0 Å². The number of allylic oxidation sites excluding steroid dienone is 2. The first-order chi connectivity index (χ1) is 15.3. The number of nitrogens with zero attached hydrogens (tertiary/aromatic N) is 1. The molecule has 1 aromatic carbocycles. The Morgan fingerprint density at radius 2 is 2.03 bits per heavy atom. The number of fused-ring (bicyclic) bond motifs is 3. The first-order valence-corrected chi connectivity index (χ1v) is 11.7. The molecule has 0 aromatic heterocycles. The first-order valence-electron chi connectivity index (χ1n) is 11.7. The van der Waals surface area contributed by atoms with Crippen LogP contribution in [0.5, 0.6) is 5.75 Å². The Hall–Kier alpha value is -2.47. The van der Waals surface area contributed by atoms with E-state index < -0.39 is 5.82 Å². The van der Waals surface area contributed by atoms with Crippen LogP contribution in [0.4, 0.5) is 4.39 Å². The van der Waals surface area contributed by atoms with E-state index in [-0.39, 0.29) is 41.4 Å². The molecule has 3 aliphatic rings. The summed E-state index contributed by atoms with van der Waals surface area (Å²) in [6, 6.07) is 4.41. The Bertz CT molecular complexity index is 982. The van der Waals surface area contributed by atoms with Gasteiger partial charge >= 0.3 is 0 Å². The number of phenolic OH excluding ortho intramolecular Hbond substituents is 1. The smallest absolute Gasteiger partial charge is 0.233 e. The number of ether oxygens (including phenoxy) is 1. The number of benzene rings is 1. The number of carbonyl (C=O) groups excluding carboxylic acids is 2. The standard InChI is InChI=1S/C26H32FNO4/c1-4-10-28-25(30)18-11-15(3)23-19(24(18)26(28)31)14-32-22(23)9-7-16(5-2)12-17-6-8-21(29)20(27)13-17/h6,8,12-13,18-19,22,24,29H,4-5,7,9-11,14H2,1-3H3/b16-12+/t18-,19+,22-,24-/m1/s1. The van der Waals surface area contributed by atoms with E-state index >= 15 is 0 Å². The molecule has 6 heteroatoms. The number of hydrogen-bond acceptors (Lipinski definition) is 4. The van der Waals surface area contributed by atoms with Crippen LogP contribution in [-0.2, 0) is 14.3 Å². The van der Waals surface area contributed by atoms with Gasteiger partial charge < -0.3 is 9.84 Å². The van der Waals surface area contributed by atoms with Crippen LogP contribution < -0.4 is 0 Å². The molecule has 1 aromatic rings. The third kappa shape index (κ3) is 4.01. The third-order valence-electron chi connectivity index (χ3n) is 7.22. The summed E-state index contributed by atoms with van der Waals surface area (Å²) in [5, 5.41) is 9.40. The Morgan fingerprint density at radius 3 is 2.72 bits per heavy atom. The van der Waals surface area contributed by atoms with Crippen LogP contribution in [0.1, 0.15) is 58.4 Å². The van der Waals surface area contributed by atoms with Crippen molar-refractivity contribution in [3.63, 3.8) is 0 Å². The molecular weight excluding hydrogens is 409 g/mol. The highest BCUT2D eigenvalue weighted by atomic mass is 19.1. The van der Waals surface area contributed by atoms with Crippen molar-refractivity contribution in [2.75, 3.05) is 13.2 Å². The lowest BCUT2D eigenvalue weighted by atomic mass is 9.70. The van der Waals surface area contributed by atoms with E-state index in [4.69, 9.17) is 4.74 Å². The predicted molar refractivity (Wildman–Crippen MR) is 120 cm³/mol. The second kappa shape index (κ2) is 9.18. The van der Waals surface area contributed by atoms with Crippen LogP contribution in [0.3, 0.4) is 0 Å². The molecule has 172 valence electrons. The summed E-state index contributed by atoms with van der Waals surface area (Å²) in [5.41, 5.74) is 4.32. The van der Waals surface area contributed by atoms with Crippen molar-refractivity contribution >= 4 is 17.9 Å². The third-order valence-corrected chi connectivity index (χ3v) is 7.22. The summed E-state index contributed by atoms with van der Waals surface area (Å²) in [6.45, 7) is 7.12. The Labute approximate surface area is 188 Å². The lowest BCUT2D eigenvalue weighted by molar-refractivity contribution is -0.140. The number of halogens is 1. The second-order valence-corrected chi connectivity index (χ2v) is 9.23. The van der Waals surface area contributed by atoms with E-state index in [1.165, 1.54) is 33.8 Å². The quantitative estimate of drug-likeness (QED) is 0.485. The van der Waals surface area contributed by atoms with E-state index in [0.717, 1.165) is 31.2 Å². The SMILES string of the molecule is CCCN1C(=O)[C@@H]2[C@@H](CC(C)=C3[C@@H](CC/C(=C/c4ccc(O)c(F)c4)CC)OC[C@@H]32)C1=O. The zero-order valence-corrected chi connectivity index (χ0v) is 19.1. The van der Waals surface area contributed by atoms with Crippen molar-refractivity contribution in [3.05, 3.63) is 46.3 Å². The van der Waals surface area contributed by atoms with Crippen molar-refractivity contribution in [2.45, 2.75) is 59.0 Å². The van der Waals surface area contributed by atoms with E-state index in [9.17, 15) is 19.1 Å². The number of amides is 2. The van der Waals surface area contributed by atoms with Gasteiger partial charge in [-0.05, 0) is 62.3 Å². The number of aromatic hydroxyl groups is 1. The van der Waals surface area contributed by atoms with Gasteiger partial charge in [0.2, 0.25) is 11.8 Å². The van der Waals surface area contributed by atoms with Crippen LogP contribution in [0.2, 0.25) is 0 Å². The molecule has 32 heavy (non-hydrogen) atoms. The first kappa shape index (κ1) is 22.7. The molecule has 2 amide bonds. The monoisotopic (exact) mass is 441 g/mol. The van der Waals surface area contributed by atoms with Gasteiger partial charge in [-0.2, -0.15) is 0 Å². The van der Waals surface area contributed by atoms with Gasteiger partial charge in [-0.3, -0.25) is 14.5 Å². The fraction of sp³-hybridized carbons (Fsp3) is 0.538. The lowest BCUT2D eigenvalue weighted by Gasteiger charge is -2.30. The Balaban J connectivity index is 1.49. The van der Waals surface area contributed by atoms with Crippen molar-refractivity contribution in [2.24, 2.45) is 17.8 Å². The molecule has 4 atom stereocenters. The molecule has 0 bridgehead atoms. The number of rotatable bonds is 7. The summed E-state index contributed by atoms with van der Waals surface area (Å²) in [6.07, 6.45) is 5.77. The van der Waals surface area contributed by atoms with Crippen LogP contribution >= 0.6 is 0 Å². The number of likely N-dealkylation sites (tertiary alicyclic amines) is 1. The fourth-order valence-corrected chi connectivity index (χ4v) is 5.65. The van der Waals surface area contributed by atoms with Gasteiger partial charge in [-0.1, -0.05) is 37.1 Å². The molecule has 0 saturated carbocycles. The zero-order valence-electron chi connectivity index (χ0n) is 19.1. The molecule has 4 rings (SSSR count). The molecule has 0 spiro atoms. The van der Waals surface area contributed by atoms with Crippen LogP contribution in [0.15, 0.2) is 34.9 Å². The summed E-state index contributed by atoms with van der Waals surface area (Å²) in [5.74, 6) is -1.52. The highest BCUT2D eigenvalue weighted by Crippen LogP contribution is 2.49. The predicted octanol–water partition coefficient (Wildman–Crippen LogP) is 4.85. The minimum atomic E-state index is -0.624. The van der Waals surface area contributed by atoms with Crippen LogP contribution in [-0.4, -0.2) is 41.1 Å². The molecule has 2 saturated heterocycles. The summed E-state index contributed by atoms with van der Waals surface area (Å²) < 4.78 is 19.9. The minimum Gasteiger partial charge on any atom is -0.505 e. The maximum Gasteiger partial charge on any atom is 0.233 e. The normalized spacial score (nSPS) is 27.9. The maximum atomic E-state index is 13.7. The van der Waals surface area contributed by atoms with E-state index in [1.54, 1.807) is 6.07 Å². The molecule has 2 aliphatic heterocycles. The van der Waals surface area contributed by atoms with Crippen LogP contribution in [0.25, 0.3) is 6.08 Å². The van der Waals surface area contributed by atoms with Gasteiger partial charge in [0.1, 0.15) is 0 Å². The van der Waals surface area contributed by atoms with E-state index in [1.807, 2.05) is 13.0 Å². The largest absolute Gasteiger partial charge is 0.505 e. The van der Waals surface area contributed by atoms with Crippen molar-refractivity contribution in [1.82, 2.24) is 4.90 Å². The summed E-state index contributed by atoms with van der Waals surface area (Å²) >= 11 is 0. The molecule has 1 aliphatic carbocycles. The van der Waals surface area contributed by atoms with Crippen molar-refractivity contribution in [1.29, 1.82) is 0 Å². The fourth-order valence-electron chi connectivity index (χ4n) is 5.65. The summed E-state index contributed by atoms with van der Waals surface area (Å²) in [4.78, 5) is 27.3. The maximum absolute atomic E-state index is 13.7. The van der Waals surface area contributed by atoms with E-state index in [0.29, 0.717) is 19.6 Å². The molecular formula is C26H32FNO4. The topological polar surface area (TPSA) is 66.8 Å². The average Bonchev–Trinajstić information content (AvgIpc) is 3.29. The van der Waals surface area contributed by atoms with E-state index in [2.05, 4.69) is 13.8 Å². The van der Waals surface area contributed by atoms with Gasteiger partial charge in [0.25, 0.3) is 0 Å². The number of imide groups is 1. The zero-order chi connectivity index (χ0) is 23.0. The lowest BCUT2D eigenvalue weighted by Crippen LogP contribution is -2.34. The van der Waals surface area contributed by atoms with Crippen molar-refractivity contribution < 1.29 is 23.8 Å². The summed E-state index contributed by atoms with van der Waals surface area (Å²) in [7, 11) is 0. The highest BCUT2D eigenvalue weighted by Gasteiger charge is 2.56. The Kier molecular flexibility index (Phi) is 6.52. The van der Waals surface area contributed by atoms with Gasteiger partial charge in [-0.25, -0.2) is 4.39 Å². The van der Waals surface area contributed by atoms with Gasteiger partial charge in [0.15, 0.2) is 11.6 Å². The molecule has 5 nitrogen and oxygen atoms in total.